The maximum atomic E-state index is 12.9. The molecule has 8 heteroatoms. The Balaban J connectivity index is 2.05. The highest BCUT2D eigenvalue weighted by Gasteiger charge is 2.26. The lowest BCUT2D eigenvalue weighted by Crippen LogP contribution is -2.19. The fourth-order valence-electron chi connectivity index (χ4n) is 3.56. The second-order valence-corrected chi connectivity index (χ2v) is 8.06. The Morgan fingerprint density at radius 3 is 2.61 bits per heavy atom. The molecule has 1 unspecified atom stereocenters. The van der Waals surface area contributed by atoms with Crippen molar-refractivity contribution in [3.8, 4) is 0 Å². The minimum atomic E-state index is -0.548. The average molecular weight is 453 g/mol. The van der Waals surface area contributed by atoms with Crippen molar-refractivity contribution in [2.75, 3.05) is 38.0 Å². The van der Waals surface area contributed by atoms with Gasteiger partial charge in [0.15, 0.2) is 5.69 Å². The lowest BCUT2D eigenvalue weighted by molar-refractivity contribution is -0.115. The topological polar surface area (TPSA) is 94.5 Å². The molecule has 0 radical (unpaired) electrons. The first-order chi connectivity index (χ1) is 16.0. The van der Waals surface area contributed by atoms with Gasteiger partial charge >= 0.3 is 5.97 Å². The van der Waals surface area contributed by atoms with Crippen molar-refractivity contribution >= 4 is 34.3 Å². The van der Waals surface area contributed by atoms with Crippen molar-refractivity contribution < 1.29 is 19.1 Å². The van der Waals surface area contributed by atoms with Gasteiger partial charge in [0.2, 0.25) is 5.91 Å². The quantitative estimate of drug-likeness (QED) is 0.425. The number of rotatable bonds is 11. The van der Waals surface area contributed by atoms with E-state index in [1.54, 1.807) is 17.9 Å². The Morgan fingerprint density at radius 1 is 1.18 bits per heavy atom. The Kier molecular flexibility index (Phi) is 8.43. The molecule has 0 aliphatic rings. The van der Waals surface area contributed by atoms with E-state index in [1.807, 2.05) is 36.4 Å². The molecule has 0 fully saturated rings. The SMILES string of the molecule is CCC(C)CNc1cnc2c(c1)c(NC(=O)Cc1ccccc1)c(C(=O)OC)n2CCOC. The van der Waals surface area contributed by atoms with Crippen LogP contribution in [0.1, 0.15) is 36.3 Å². The fourth-order valence-corrected chi connectivity index (χ4v) is 3.56. The van der Waals surface area contributed by atoms with Crippen molar-refractivity contribution in [1.29, 1.82) is 0 Å². The van der Waals surface area contributed by atoms with Crippen LogP contribution in [-0.4, -0.2) is 48.8 Å². The molecule has 2 N–H and O–H groups in total. The van der Waals surface area contributed by atoms with Crippen LogP contribution in [0, 0.1) is 5.92 Å². The van der Waals surface area contributed by atoms with E-state index >= 15 is 0 Å². The van der Waals surface area contributed by atoms with Crippen LogP contribution in [0.25, 0.3) is 11.0 Å². The van der Waals surface area contributed by atoms with Gasteiger partial charge in [-0.25, -0.2) is 9.78 Å². The molecule has 1 aromatic carbocycles. The molecular weight excluding hydrogens is 420 g/mol. The molecule has 8 nitrogen and oxygen atoms in total. The third kappa shape index (κ3) is 5.90. The van der Waals surface area contributed by atoms with Gasteiger partial charge in [-0.15, -0.1) is 0 Å². The van der Waals surface area contributed by atoms with Crippen LogP contribution in [0.5, 0.6) is 0 Å². The molecule has 0 saturated carbocycles. The van der Waals surface area contributed by atoms with Gasteiger partial charge in [0.1, 0.15) is 5.65 Å². The molecule has 0 saturated heterocycles. The van der Waals surface area contributed by atoms with Gasteiger partial charge in [-0.2, -0.15) is 0 Å². The molecule has 0 aliphatic heterocycles. The number of benzene rings is 1. The summed E-state index contributed by atoms with van der Waals surface area (Å²) in [6, 6.07) is 11.4. The predicted octanol–water partition coefficient (Wildman–Crippen LogP) is 4.11. The zero-order valence-electron chi connectivity index (χ0n) is 19.7. The zero-order chi connectivity index (χ0) is 23.8. The van der Waals surface area contributed by atoms with Crippen molar-refractivity contribution in [3.63, 3.8) is 0 Å². The van der Waals surface area contributed by atoms with Gasteiger partial charge in [-0.05, 0) is 17.5 Å². The molecule has 0 bridgehead atoms. The highest BCUT2D eigenvalue weighted by Crippen LogP contribution is 2.33. The summed E-state index contributed by atoms with van der Waals surface area (Å²) >= 11 is 0. The Labute approximate surface area is 194 Å². The van der Waals surface area contributed by atoms with E-state index in [2.05, 4.69) is 29.5 Å². The zero-order valence-corrected chi connectivity index (χ0v) is 19.7. The monoisotopic (exact) mass is 452 g/mol. The summed E-state index contributed by atoms with van der Waals surface area (Å²) in [6.07, 6.45) is 2.99. The standard InChI is InChI=1S/C25H32N4O4/c1-5-17(2)15-26-19-14-20-22(28-21(30)13-18-9-7-6-8-10-18)23(25(31)33-4)29(11-12-32-3)24(20)27-16-19/h6-10,14,16-17,26H,5,11-13,15H2,1-4H3,(H,28,30). The summed E-state index contributed by atoms with van der Waals surface area (Å²) in [6.45, 7) is 5.88. The normalized spacial score (nSPS) is 11.9. The number of carbonyl (C=O) groups excluding carboxylic acids is 2. The minimum absolute atomic E-state index is 0.186. The molecule has 2 aromatic heterocycles. The number of hydrogen-bond donors (Lipinski definition) is 2. The van der Waals surface area contributed by atoms with Crippen LogP contribution in [0.2, 0.25) is 0 Å². The third-order valence-corrected chi connectivity index (χ3v) is 5.62. The number of anilines is 2. The number of esters is 1. The molecule has 0 spiro atoms. The van der Waals surface area contributed by atoms with Gasteiger partial charge in [0, 0.05) is 25.6 Å². The molecule has 1 atom stereocenters. The maximum Gasteiger partial charge on any atom is 0.356 e. The molecule has 0 aliphatic carbocycles. The van der Waals surface area contributed by atoms with E-state index in [0.717, 1.165) is 24.2 Å². The van der Waals surface area contributed by atoms with Gasteiger partial charge in [0.05, 0.1) is 37.7 Å². The van der Waals surface area contributed by atoms with Gasteiger partial charge in [0.25, 0.3) is 0 Å². The lowest BCUT2D eigenvalue weighted by atomic mass is 10.1. The maximum absolute atomic E-state index is 12.9. The van der Waals surface area contributed by atoms with Crippen molar-refractivity contribution in [1.82, 2.24) is 9.55 Å². The van der Waals surface area contributed by atoms with Crippen molar-refractivity contribution in [2.24, 2.45) is 5.92 Å². The smallest absolute Gasteiger partial charge is 0.356 e. The highest BCUT2D eigenvalue weighted by molar-refractivity contribution is 6.11. The van der Waals surface area contributed by atoms with E-state index in [1.165, 1.54) is 7.11 Å². The summed E-state index contributed by atoms with van der Waals surface area (Å²) in [5.41, 5.74) is 2.93. The Hall–Kier alpha value is -3.39. The molecule has 176 valence electrons. The highest BCUT2D eigenvalue weighted by atomic mass is 16.5. The van der Waals surface area contributed by atoms with E-state index in [-0.39, 0.29) is 18.0 Å². The van der Waals surface area contributed by atoms with Gasteiger partial charge < -0.3 is 24.7 Å². The number of amides is 1. The number of nitrogens with one attached hydrogen (secondary N) is 2. The third-order valence-electron chi connectivity index (χ3n) is 5.62. The van der Waals surface area contributed by atoms with E-state index in [0.29, 0.717) is 35.8 Å². The minimum Gasteiger partial charge on any atom is -0.464 e. The first-order valence-electron chi connectivity index (χ1n) is 11.2. The number of hydrogen-bond acceptors (Lipinski definition) is 6. The molecule has 3 rings (SSSR count). The van der Waals surface area contributed by atoms with Crippen LogP contribution in [0.3, 0.4) is 0 Å². The van der Waals surface area contributed by atoms with Crippen molar-refractivity contribution in [2.45, 2.75) is 33.2 Å². The largest absolute Gasteiger partial charge is 0.464 e. The molecule has 3 aromatic rings. The number of pyridine rings is 1. The molecular formula is C25H32N4O4. The van der Waals surface area contributed by atoms with Crippen molar-refractivity contribution in [3.05, 3.63) is 53.9 Å². The Morgan fingerprint density at radius 2 is 1.94 bits per heavy atom. The van der Waals surface area contributed by atoms with Gasteiger partial charge in [-0.3, -0.25) is 4.79 Å². The average Bonchev–Trinajstić information content (AvgIpc) is 3.13. The first kappa shape index (κ1) is 24.3. The van der Waals surface area contributed by atoms with Crippen LogP contribution in [-0.2, 0) is 27.2 Å². The summed E-state index contributed by atoms with van der Waals surface area (Å²) in [7, 11) is 2.92. The first-order valence-corrected chi connectivity index (χ1v) is 11.2. The summed E-state index contributed by atoms with van der Waals surface area (Å²) in [5, 5.41) is 7.01. The molecule has 2 heterocycles. The van der Waals surface area contributed by atoms with Crippen LogP contribution in [0.15, 0.2) is 42.6 Å². The Bertz CT molecular complexity index is 1090. The van der Waals surface area contributed by atoms with Crippen LogP contribution >= 0.6 is 0 Å². The summed E-state index contributed by atoms with van der Waals surface area (Å²) in [4.78, 5) is 30.3. The molecule has 1 amide bonds. The number of fused-ring (bicyclic) bond motifs is 1. The molecule has 33 heavy (non-hydrogen) atoms. The number of ether oxygens (including phenoxy) is 2. The van der Waals surface area contributed by atoms with E-state index in [9.17, 15) is 9.59 Å². The lowest BCUT2D eigenvalue weighted by Gasteiger charge is -2.11. The van der Waals surface area contributed by atoms with E-state index < -0.39 is 5.97 Å². The van der Waals surface area contributed by atoms with Gasteiger partial charge in [-0.1, -0.05) is 50.6 Å². The van der Waals surface area contributed by atoms with Crippen LogP contribution in [0.4, 0.5) is 11.4 Å². The number of aromatic nitrogens is 2. The number of methoxy groups -OCH3 is 2. The summed E-state index contributed by atoms with van der Waals surface area (Å²) in [5.74, 6) is -0.272. The second-order valence-electron chi connectivity index (χ2n) is 8.06. The fraction of sp³-hybridized carbons (Fsp3) is 0.400. The van der Waals surface area contributed by atoms with E-state index in [4.69, 9.17) is 9.47 Å². The van der Waals surface area contributed by atoms with Crippen LogP contribution < -0.4 is 10.6 Å². The summed E-state index contributed by atoms with van der Waals surface area (Å²) < 4.78 is 12.0. The second kappa shape index (κ2) is 11.5. The number of carbonyl (C=O) groups is 2. The number of nitrogens with zero attached hydrogens (tertiary/aromatic N) is 2. The predicted molar refractivity (Wildman–Crippen MR) is 130 cm³/mol.